The molecular weight excluding hydrogens is 530 g/mol. The van der Waals surface area contributed by atoms with Crippen LogP contribution in [0.25, 0.3) is 0 Å². The summed E-state index contributed by atoms with van der Waals surface area (Å²) in [7, 11) is 1.49. The lowest BCUT2D eigenvalue weighted by molar-refractivity contribution is -0.137. The maximum absolute atomic E-state index is 12.9. The SMILES string of the molecule is CNC(=O)c1cc(N2CCN(c3ncc(C(F)(F)F)cc3Cl)CC2)ccc1NC(=O)c1ccccc1Cl. The minimum Gasteiger partial charge on any atom is -0.368 e. The number of anilines is 3. The van der Waals surface area contributed by atoms with E-state index in [-0.39, 0.29) is 27.9 Å². The van der Waals surface area contributed by atoms with Crippen LogP contribution in [0.15, 0.2) is 54.7 Å². The van der Waals surface area contributed by atoms with E-state index in [9.17, 15) is 22.8 Å². The quantitative estimate of drug-likeness (QED) is 0.447. The maximum atomic E-state index is 12.9. The van der Waals surface area contributed by atoms with Gasteiger partial charge < -0.3 is 20.4 Å². The monoisotopic (exact) mass is 551 g/mol. The molecule has 1 fully saturated rings. The molecule has 7 nitrogen and oxygen atoms in total. The molecule has 1 aromatic heterocycles. The molecule has 0 spiro atoms. The highest BCUT2D eigenvalue weighted by atomic mass is 35.5. The summed E-state index contributed by atoms with van der Waals surface area (Å²) >= 11 is 12.2. The van der Waals surface area contributed by atoms with Gasteiger partial charge in [0, 0.05) is 45.1 Å². The van der Waals surface area contributed by atoms with Crippen LogP contribution in [0.3, 0.4) is 0 Å². The van der Waals surface area contributed by atoms with Crippen molar-refractivity contribution in [3.05, 3.63) is 81.5 Å². The van der Waals surface area contributed by atoms with Crippen LogP contribution in [0.2, 0.25) is 10.0 Å². The Balaban J connectivity index is 1.50. The lowest BCUT2D eigenvalue weighted by Gasteiger charge is -2.37. The largest absolute Gasteiger partial charge is 0.417 e. The number of alkyl halides is 3. The summed E-state index contributed by atoms with van der Waals surface area (Å²) in [6, 6.07) is 12.6. The summed E-state index contributed by atoms with van der Waals surface area (Å²) in [6.07, 6.45) is -3.74. The Hall–Kier alpha value is -3.50. The van der Waals surface area contributed by atoms with E-state index in [1.807, 2.05) is 9.80 Å². The second kappa shape index (κ2) is 10.9. The lowest BCUT2D eigenvalue weighted by Crippen LogP contribution is -2.47. The molecule has 2 aromatic carbocycles. The van der Waals surface area contributed by atoms with E-state index in [1.54, 1.807) is 42.5 Å². The lowest BCUT2D eigenvalue weighted by atomic mass is 10.1. The van der Waals surface area contributed by atoms with Crippen LogP contribution in [0, 0.1) is 0 Å². The summed E-state index contributed by atoms with van der Waals surface area (Å²) in [5.74, 6) is -0.535. The van der Waals surface area contributed by atoms with Gasteiger partial charge in [-0.25, -0.2) is 4.98 Å². The van der Waals surface area contributed by atoms with Gasteiger partial charge in [0.15, 0.2) is 0 Å². The van der Waals surface area contributed by atoms with Crippen LogP contribution in [0.5, 0.6) is 0 Å². The fourth-order valence-electron chi connectivity index (χ4n) is 3.99. The van der Waals surface area contributed by atoms with E-state index < -0.39 is 17.6 Å². The Morgan fingerprint density at radius 3 is 2.19 bits per heavy atom. The molecule has 194 valence electrons. The smallest absolute Gasteiger partial charge is 0.368 e. The van der Waals surface area contributed by atoms with Crippen LogP contribution >= 0.6 is 23.2 Å². The number of carbonyl (C=O) groups is 2. The van der Waals surface area contributed by atoms with Crippen LogP contribution in [-0.4, -0.2) is 50.0 Å². The number of halogens is 5. The number of rotatable bonds is 5. The number of hydrogen-bond donors (Lipinski definition) is 2. The first-order valence-corrected chi connectivity index (χ1v) is 12.0. The highest BCUT2D eigenvalue weighted by Gasteiger charge is 2.32. The van der Waals surface area contributed by atoms with E-state index in [1.165, 1.54) is 7.05 Å². The fourth-order valence-corrected chi connectivity index (χ4v) is 4.50. The zero-order valence-electron chi connectivity index (χ0n) is 19.6. The number of nitrogens with zero attached hydrogens (tertiary/aromatic N) is 3. The minimum atomic E-state index is -4.52. The van der Waals surface area contributed by atoms with E-state index in [0.717, 1.165) is 18.0 Å². The Bertz CT molecular complexity index is 1330. The van der Waals surface area contributed by atoms with Crippen LogP contribution < -0.4 is 20.4 Å². The van der Waals surface area contributed by atoms with Gasteiger partial charge in [-0.1, -0.05) is 35.3 Å². The molecule has 3 aromatic rings. The average Bonchev–Trinajstić information content (AvgIpc) is 2.88. The van der Waals surface area contributed by atoms with Gasteiger partial charge in [0.25, 0.3) is 11.8 Å². The summed E-state index contributed by atoms with van der Waals surface area (Å²) in [5, 5.41) is 5.55. The third-order valence-electron chi connectivity index (χ3n) is 5.93. The predicted molar refractivity (Wildman–Crippen MR) is 138 cm³/mol. The summed E-state index contributed by atoms with van der Waals surface area (Å²) in [5.41, 5.74) is 0.731. The molecule has 2 amide bonds. The highest BCUT2D eigenvalue weighted by Crippen LogP contribution is 2.34. The molecule has 4 rings (SSSR count). The molecule has 0 atom stereocenters. The number of carbonyl (C=O) groups excluding carboxylic acids is 2. The molecule has 1 aliphatic heterocycles. The first-order chi connectivity index (χ1) is 17.6. The van der Waals surface area contributed by atoms with Gasteiger partial charge in [-0.3, -0.25) is 9.59 Å². The molecule has 12 heteroatoms. The van der Waals surface area contributed by atoms with Crippen molar-refractivity contribution in [2.24, 2.45) is 0 Å². The van der Waals surface area contributed by atoms with Crippen LogP contribution in [0.1, 0.15) is 26.3 Å². The number of nitrogens with one attached hydrogen (secondary N) is 2. The van der Waals surface area contributed by atoms with Crippen molar-refractivity contribution in [3.8, 4) is 0 Å². The predicted octanol–water partition coefficient (Wildman–Crippen LogP) is 5.35. The molecule has 2 heterocycles. The molecule has 1 saturated heterocycles. The molecule has 0 saturated carbocycles. The molecule has 0 bridgehead atoms. The third kappa shape index (κ3) is 5.91. The van der Waals surface area contributed by atoms with Gasteiger partial charge in [0.2, 0.25) is 0 Å². The fraction of sp³-hybridized carbons (Fsp3) is 0.240. The van der Waals surface area contributed by atoms with Gasteiger partial charge in [-0.15, -0.1) is 0 Å². The van der Waals surface area contributed by atoms with Gasteiger partial charge >= 0.3 is 6.18 Å². The summed E-state index contributed by atoms with van der Waals surface area (Å²) in [6.45, 7) is 1.94. The minimum absolute atomic E-state index is 0.0659. The number of aromatic nitrogens is 1. The van der Waals surface area contributed by atoms with Crippen molar-refractivity contribution in [2.45, 2.75) is 6.18 Å². The van der Waals surface area contributed by atoms with Gasteiger partial charge in [0.1, 0.15) is 5.82 Å². The number of amides is 2. The van der Waals surface area contributed by atoms with E-state index >= 15 is 0 Å². The van der Waals surface area contributed by atoms with E-state index in [4.69, 9.17) is 23.2 Å². The van der Waals surface area contributed by atoms with Crippen molar-refractivity contribution in [3.63, 3.8) is 0 Å². The van der Waals surface area contributed by atoms with Gasteiger partial charge in [-0.05, 0) is 36.4 Å². The van der Waals surface area contributed by atoms with Gasteiger partial charge in [0.05, 0.1) is 32.4 Å². The molecule has 2 N–H and O–H groups in total. The third-order valence-corrected chi connectivity index (χ3v) is 6.54. The average molecular weight is 552 g/mol. The molecule has 0 unspecified atom stereocenters. The normalized spacial score (nSPS) is 13.9. The zero-order valence-corrected chi connectivity index (χ0v) is 21.1. The Morgan fingerprint density at radius 1 is 0.892 bits per heavy atom. The van der Waals surface area contributed by atoms with Gasteiger partial charge in [-0.2, -0.15) is 13.2 Å². The standard InChI is InChI=1S/C25H22Cl2F3N5O2/c1-31-23(36)18-13-16(6-7-21(18)33-24(37)17-4-2-3-5-19(17)26)34-8-10-35(11-9-34)22-20(27)12-15(14-32-22)25(28,29)30/h2-7,12-14H,8-11H2,1H3,(H,31,36)(H,33,37). The molecular formula is C25H22Cl2F3N5O2. The highest BCUT2D eigenvalue weighted by molar-refractivity contribution is 6.34. The molecule has 0 aliphatic carbocycles. The maximum Gasteiger partial charge on any atom is 0.417 e. The Morgan fingerprint density at radius 2 is 1.57 bits per heavy atom. The second-order valence-corrected chi connectivity index (χ2v) is 9.06. The number of hydrogen-bond acceptors (Lipinski definition) is 5. The Labute approximate surface area is 221 Å². The summed E-state index contributed by atoms with van der Waals surface area (Å²) < 4.78 is 38.8. The number of pyridine rings is 1. The summed E-state index contributed by atoms with van der Waals surface area (Å²) in [4.78, 5) is 33.1. The molecule has 0 radical (unpaired) electrons. The van der Waals surface area contributed by atoms with E-state index in [2.05, 4.69) is 15.6 Å². The van der Waals surface area contributed by atoms with Crippen LogP contribution in [0.4, 0.5) is 30.4 Å². The van der Waals surface area contributed by atoms with Crippen molar-refractivity contribution in [2.75, 3.05) is 48.3 Å². The second-order valence-electron chi connectivity index (χ2n) is 8.24. The number of piperazine rings is 1. The topological polar surface area (TPSA) is 77.6 Å². The first kappa shape index (κ1) is 26.6. The van der Waals surface area contributed by atoms with Crippen molar-refractivity contribution in [1.29, 1.82) is 0 Å². The van der Waals surface area contributed by atoms with Crippen molar-refractivity contribution < 1.29 is 22.8 Å². The van der Waals surface area contributed by atoms with Crippen molar-refractivity contribution in [1.82, 2.24) is 10.3 Å². The Kier molecular flexibility index (Phi) is 7.79. The van der Waals surface area contributed by atoms with Crippen molar-refractivity contribution >= 4 is 52.2 Å². The molecule has 37 heavy (non-hydrogen) atoms. The van der Waals surface area contributed by atoms with E-state index in [0.29, 0.717) is 36.9 Å². The zero-order chi connectivity index (χ0) is 26.7. The molecule has 1 aliphatic rings. The van der Waals surface area contributed by atoms with Crippen LogP contribution in [-0.2, 0) is 6.18 Å². The first-order valence-electron chi connectivity index (χ1n) is 11.2. The number of benzene rings is 2.